The van der Waals surface area contributed by atoms with Crippen LogP contribution >= 0.6 is 0 Å². The Bertz CT molecular complexity index is 345. The van der Waals surface area contributed by atoms with Gasteiger partial charge in [0.25, 0.3) is 0 Å². The van der Waals surface area contributed by atoms with Gasteiger partial charge in [-0.15, -0.1) is 0 Å². The van der Waals surface area contributed by atoms with Crippen molar-refractivity contribution in [1.82, 2.24) is 0 Å². The first-order valence-corrected chi connectivity index (χ1v) is 6.69. The zero-order chi connectivity index (χ0) is 10.9. The number of rotatable bonds is 2. The summed E-state index contributed by atoms with van der Waals surface area (Å²) in [6.45, 7) is 0.379. The molecule has 2 heteroatoms. The quantitative estimate of drug-likeness (QED) is 0.546. The van der Waals surface area contributed by atoms with Gasteiger partial charge in [0, 0.05) is 5.41 Å². The number of hydrogen-bond acceptors (Lipinski definition) is 2. The first kappa shape index (κ1) is 9.67. The molecule has 16 heavy (non-hydrogen) atoms. The summed E-state index contributed by atoms with van der Waals surface area (Å²) in [5, 5.41) is 19.3. The highest BCUT2D eigenvalue weighted by atomic mass is 16.3. The molecule has 0 saturated heterocycles. The molecule has 0 heterocycles. The minimum Gasteiger partial charge on any atom is -0.396 e. The Morgan fingerprint density at radius 2 is 1.69 bits per heavy atom. The summed E-state index contributed by atoms with van der Waals surface area (Å²) in [7, 11) is 0. The third kappa shape index (κ3) is 0.888. The van der Waals surface area contributed by atoms with Crippen molar-refractivity contribution in [3.8, 4) is 0 Å². The molecule has 0 aromatic heterocycles. The molecule has 4 bridgehead atoms. The van der Waals surface area contributed by atoms with Crippen molar-refractivity contribution in [3.05, 3.63) is 12.2 Å². The topological polar surface area (TPSA) is 40.5 Å². The third-order valence-corrected chi connectivity index (χ3v) is 6.23. The second-order valence-electron chi connectivity index (χ2n) is 6.59. The molecule has 6 unspecified atom stereocenters. The van der Waals surface area contributed by atoms with E-state index >= 15 is 0 Å². The minimum atomic E-state index is -0.135. The molecule has 0 aromatic rings. The van der Waals surface area contributed by atoms with Gasteiger partial charge >= 0.3 is 0 Å². The van der Waals surface area contributed by atoms with Gasteiger partial charge < -0.3 is 10.2 Å². The van der Waals surface area contributed by atoms with Crippen molar-refractivity contribution in [3.63, 3.8) is 0 Å². The van der Waals surface area contributed by atoms with Crippen molar-refractivity contribution in [2.45, 2.75) is 19.3 Å². The molecule has 0 radical (unpaired) electrons. The molecular weight excluding hydrogens is 200 g/mol. The maximum Gasteiger partial charge on any atom is 0.0512 e. The lowest BCUT2D eigenvalue weighted by molar-refractivity contribution is -0.0325. The predicted molar refractivity (Wildman–Crippen MR) is 60.5 cm³/mol. The minimum absolute atomic E-state index is 0.135. The highest BCUT2D eigenvalue weighted by Gasteiger charge is 2.65. The van der Waals surface area contributed by atoms with E-state index in [1.165, 1.54) is 12.8 Å². The van der Waals surface area contributed by atoms with Crippen LogP contribution < -0.4 is 0 Å². The van der Waals surface area contributed by atoms with Crippen LogP contribution in [0.5, 0.6) is 0 Å². The van der Waals surface area contributed by atoms with Gasteiger partial charge in [-0.1, -0.05) is 12.2 Å². The largest absolute Gasteiger partial charge is 0.396 e. The Balaban J connectivity index is 1.73. The van der Waals surface area contributed by atoms with E-state index in [-0.39, 0.29) is 18.6 Å². The molecule has 4 aliphatic rings. The average molecular weight is 220 g/mol. The van der Waals surface area contributed by atoms with Crippen LogP contribution in [0.3, 0.4) is 0 Å². The van der Waals surface area contributed by atoms with Gasteiger partial charge in [0.05, 0.1) is 13.2 Å². The summed E-state index contributed by atoms with van der Waals surface area (Å²) in [6.07, 6.45) is 8.54. The lowest BCUT2D eigenvalue weighted by atomic mass is 9.62. The van der Waals surface area contributed by atoms with Crippen molar-refractivity contribution in [1.29, 1.82) is 0 Å². The Hall–Kier alpha value is -0.340. The summed E-state index contributed by atoms with van der Waals surface area (Å²) >= 11 is 0. The van der Waals surface area contributed by atoms with Crippen LogP contribution in [0.1, 0.15) is 19.3 Å². The van der Waals surface area contributed by atoms with Crippen LogP contribution in [-0.4, -0.2) is 23.4 Å². The average Bonchev–Trinajstić information content (AvgIpc) is 3.05. The van der Waals surface area contributed by atoms with E-state index in [9.17, 15) is 10.2 Å². The SMILES string of the molecule is OCC1(CO)CC2CC1C1C3C=CC(C3)C21. The summed E-state index contributed by atoms with van der Waals surface area (Å²) in [5.74, 6) is 4.66. The molecule has 2 N–H and O–H groups in total. The van der Waals surface area contributed by atoms with Crippen LogP contribution in [0.2, 0.25) is 0 Å². The summed E-state index contributed by atoms with van der Waals surface area (Å²) in [4.78, 5) is 0. The monoisotopic (exact) mass is 220 g/mol. The summed E-state index contributed by atoms with van der Waals surface area (Å²) in [6, 6.07) is 0. The van der Waals surface area contributed by atoms with E-state index in [2.05, 4.69) is 12.2 Å². The molecule has 3 fully saturated rings. The second kappa shape index (κ2) is 2.91. The normalized spacial score (nSPS) is 54.9. The third-order valence-electron chi connectivity index (χ3n) is 6.23. The highest BCUT2D eigenvalue weighted by molar-refractivity contribution is 5.22. The van der Waals surface area contributed by atoms with E-state index < -0.39 is 0 Å². The molecule has 6 atom stereocenters. The van der Waals surface area contributed by atoms with Gasteiger partial charge in [-0.3, -0.25) is 0 Å². The molecule has 0 spiro atoms. The zero-order valence-electron chi connectivity index (χ0n) is 9.55. The van der Waals surface area contributed by atoms with E-state index in [0.717, 1.165) is 36.0 Å². The van der Waals surface area contributed by atoms with Crippen molar-refractivity contribution in [2.75, 3.05) is 13.2 Å². The maximum absolute atomic E-state index is 9.65. The van der Waals surface area contributed by atoms with Crippen molar-refractivity contribution in [2.24, 2.45) is 40.9 Å². The van der Waals surface area contributed by atoms with E-state index in [1.54, 1.807) is 0 Å². The molecular formula is C14H20O2. The van der Waals surface area contributed by atoms with Gasteiger partial charge in [-0.2, -0.15) is 0 Å². The fourth-order valence-electron chi connectivity index (χ4n) is 5.73. The number of hydrogen-bond donors (Lipinski definition) is 2. The molecule has 0 aliphatic heterocycles. The molecule has 0 amide bonds. The smallest absolute Gasteiger partial charge is 0.0512 e. The van der Waals surface area contributed by atoms with E-state index in [1.807, 2.05) is 0 Å². The molecule has 3 saturated carbocycles. The van der Waals surface area contributed by atoms with Crippen molar-refractivity contribution >= 4 is 0 Å². The highest BCUT2D eigenvalue weighted by Crippen LogP contribution is 2.70. The fourth-order valence-corrected chi connectivity index (χ4v) is 5.73. The Labute approximate surface area is 96.4 Å². The predicted octanol–water partition coefficient (Wildman–Crippen LogP) is 1.44. The van der Waals surface area contributed by atoms with Crippen LogP contribution in [0.4, 0.5) is 0 Å². The molecule has 2 nitrogen and oxygen atoms in total. The molecule has 0 aromatic carbocycles. The Morgan fingerprint density at radius 1 is 1.00 bits per heavy atom. The first-order valence-electron chi connectivity index (χ1n) is 6.69. The van der Waals surface area contributed by atoms with Crippen LogP contribution in [-0.2, 0) is 0 Å². The van der Waals surface area contributed by atoms with Gasteiger partial charge in [0.15, 0.2) is 0 Å². The standard InChI is InChI=1S/C14H20O2/c15-6-14(7-16)5-10-4-11(14)13-9-2-1-8(3-9)12(10)13/h1-2,8-13,15-16H,3-7H2. The number of allylic oxidation sites excluding steroid dienone is 2. The van der Waals surface area contributed by atoms with Gasteiger partial charge in [-0.25, -0.2) is 0 Å². The van der Waals surface area contributed by atoms with Gasteiger partial charge in [0.2, 0.25) is 0 Å². The lowest BCUT2D eigenvalue weighted by Crippen LogP contribution is -2.43. The number of aliphatic hydroxyl groups excluding tert-OH is 2. The van der Waals surface area contributed by atoms with Gasteiger partial charge in [-0.05, 0) is 54.8 Å². The van der Waals surface area contributed by atoms with E-state index in [0.29, 0.717) is 5.92 Å². The second-order valence-corrected chi connectivity index (χ2v) is 6.59. The zero-order valence-corrected chi connectivity index (χ0v) is 9.55. The Morgan fingerprint density at radius 3 is 2.38 bits per heavy atom. The van der Waals surface area contributed by atoms with Crippen LogP contribution in [0, 0.1) is 40.9 Å². The maximum atomic E-state index is 9.65. The summed E-state index contributed by atoms with van der Waals surface area (Å²) in [5.41, 5.74) is -0.135. The Kier molecular flexibility index (Phi) is 1.76. The first-order chi connectivity index (χ1) is 7.79. The molecule has 4 rings (SSSR count). The number of aliphatic hydroxyl groups is 2. The molecule has 4 aliphatic carbocycles. The van der Waals surface area contributed by atoms with Crippen LogP contribution in [0.25, 0.3) is 0 Å². The van der Waals surface area contributed by atoms with Crippen molar-refractivity contribution < 1.29 is 10.2 Å². The van der Waals surface area contributed by atoms with Gasteiger partial charge in [0.1, 0.15) is 0 Å². The molecule has 88 valence electrons. The summed E-state index contributed by atoms with van der Waals surface area (Å²) < 4.78 is 0. The fraction of sp³-hybridized carbons (Fsp3) is 0.857. The van der Waals surface area contributed by atoms with Crippen LogP contribution in [0.15, 0.2) is 12.2 Å². The number of fused-ring (bicyclic) bond motifs is 9. The lowest BCUT2D eigenvalue weighted by Gasteiger charge is -2.43. The van der Waals surface area contributed by atoms with E-state index in [4.69, 9.17) is 0 Å².